The van der Waals surface area contributed by atoms with Crippen LogP contribution in [0.25, 0.3) is 17.3 Å². The number of rotatable bonds is 5. The van der Waals surface area contributed by atoms with Gasteiger partial charge in [-0.1, -0.05) is 48.0 Å². The molecule has 1 aromatic heterocycles. The molecule has 5 nitrogen and oxygen atoms in total. The zero-order valence-electron chi connectivity index (χ0n) is 16.8. The van der Waals surface area contributed by atoms with E-state index in [1.807, 2.05) is 50.3 Å². The van der Waals surface area contributed by atoms with Gasteiger partial charge in [0.15, 0.2) is 5.57 Å². The van der Waals surface area contributed by atoms with Crippen molar-refractivity contribution in [1.82, 2.24) is 9.88 Å². The Hall–Kier alpha value is -3.69. The van der Waals surface area contributed by atoms with Crippen LogP contribution in [0.15, 0.2) is 66.0 Å². The molecule has 0 aliphatic rings. The number of amides is 1. The summed E-state index contributed by atoms with van der Waals surface area (Å²) in [5, 5.41) is 12.3. The molecule has 3 rings (SSSR count). The van der Waals surface area contributed by atoms with Gasteiger partial charge in [-0.2, -0.15) is 5.26 Å². The van der Waals surface area contributed by atoms with Crippen LogP contribution in [0, 0.1) is 25.2 Å². The number of hydrogen-bond donors (Lipinski definition) is 1. The summed E-state index contributed by atoms with van der Waals surface area (Å²) < 4.78 is 2.17. The number of para-hydroxylation sites is 1. The van der Waals surface area contributed by atoms with Crippen LogP contribution < -0.4 is 20.1 Å². The third-order valence-corrected chi connectivity index (χ3v) is 5.61. The van der Waals surface area contributed by atoms with Crippen LogP contribution >= 0.6 is 11.3 Å². The molecule has 0 saturated heterocycles. The summed E-state index contributed by atoms with van der Waals surface area (Å²) in [6, 6.07) is 17.0. The van der Waals surface area contributed by atoms with Gasteiger partial charge in [0.25, 0.3) is 11.5 Å². The number of thiazole rings is 1. The second-order valence-electron chi connectivity index (χ2n) is 6.74. The fraction of sp³-hybridized carbons (Fsp3) is 0.125. The standard InChI is InChI=1S/C24H21N3O2S/c1-4-12-26-22(28)20(15-25)24-27(19-8-6-5-7-9-19)23(29)21(30-24)14-18-13-16(2)10-11-17(18)3/h4-11,13-14H,1,12H2,2-3H3,(H,26,28)/b21-14-,24-20-. The van der Waals surface area contributed by atoms with Crippen molar-refractivity contribution >= 4 is 28.9 Å². The van der Waals surface area contributed by atoms with Gasteiger partial charge in [0.2, 0.25) is 0 Å². The lowest BCUT2D eigenvalue weighted by Crippen LogP contribution is -2.33. The average Bonchev–Trinajstić information content (AvgIpc) is 3.06. The van der Waals surface area contributed by atoms with Gasteiger partial charge in [-0.15, -0.1) is 17.9 Å². The largest absolute Gasteiger partial charge is 0.348 e. The molecular formula is C24H21N3O2S. The van der Waals surface area contributed by atoms with E-state index < -0.39 is 5.91 Å². The highest BCUT2D eigenvalue weighted by atomic mass is 32.1. The summed E-state index contributed by atoms with van der Waals surface area (Å²) in [6.45, 7) is 7.77. The van der Waals surface area contributed by atoms with Crippen LogP contribution in [-0.2, 0) is 4.79 Å². The summed E-state index contributed by atoms with van der Waals surface area (Å²) >= 11 is 1.13. The van der Waals surface area contributed by atoms with Crippen LogP contribution in [0.1, 0.15) is 16.7 Å². The molecule has 30 heavy (non-hydrogen) atoms. The lowest BCUT2D eigenvalue weighted by molar-refractivity contribution is -0.115. The minimum Gasteiger partial charge on any atom is -0.348 e. The topological polar surface area (TPSA) is 74.9 Å². The Morgan fingerprint density at radius 3 is 2.63 bits per heavy atom. The molecule has 0 spiro atoms. The minimum absolute atomic E-state index is 0.108. The normalized spacial score (nSPS) is 12.2. The van der Waals surface area contributed by atoms with Crippen molar-refractivity contribution in [1.29, 1.82) is 5.26 Å². The third kappa shape index (κ3) is 4.32. The van der Waals surface area contributed by atoms with E-state index in [9.17, 15) is 14.9 Å². The fourth-order valence-corrected chi connectivity index (χ4v) is 4.06. The monoisotopic (exact) mass is 415 g/mol. The van der Waals surface area contributed by atoms with Crippen LogP contribution in [0.3, 0.4) is 0 Å². The number of hydrogen-bond acceptors (Lipinski definition) is 4. The maximum atomic E-state index is 13.3. The van der Waals surface area contributed by atoms with E-state index in [1.165, 1.54) is 10.6 Å². The molecule has 1 heterocycles. The van der Waals surface area contributed by atoms with E-state index in [1.54, 1.807) is 24.3 Å². The molecule has 0 unspecified atom stereocenters. The quantitative estimate of drug-likeness (QED) is 0.650. The van der Waals surface area contributed by atoms with Crippen molar-refractivity contribution in [3.8, 4) is 11.8 Å². The summed E-state index contributed by atoms with van der Waals surface area (Å²) in [4.78, 5) is 25.9. The minimum atomic E-state index is -0.540. The van der Waals surface area contributed by atoms with Crippen molar-refractivity contribution in [2.75, 3.05) is 6.54 Å². The molecule has 1 amide bonds. The molecule has 0 bridgehead atoms. The van der Waals surface area contributed by atoms with E-state index >= 15 is 0 Å². The van der Waals surface area contributed by atoms with Gasteiger partial charge in [0.1, 0.15) is 10.7 Å². The first-order valence-corrected chi connectivity index (χ1v) is 10.2. The maximum absolute atomic E-state index is 13.3. The van der Waals surface area contributed by atoms with Gasteiger partial charge >= 0.3 is 0 Å². The third-order valence-electron chi connectivity index (χ3n) is 4.52. The molecular weight excluding hydrogens is 394 g/mol. The van der Waals surface area contributed by atoms with E-state index in [0.29, 0.717) is 14.9 Å². The van der Waals surface area contributed by atoms with Gasteiger partial charge in [0, 0.05) is 6.54 Å². The summed E-state index contributed by atoms with van der Waals surface area (Å²) in [7, 11) is 0. The Labute approximate surface area is 178 Å². The lowest BCUT2D eigenvalue weighted by atomic mass is 10.1. The number of carbonyl (C=O) groups is 1. The second-order valence-corrected chi connectivity index (χ2v) is 7.77. The smallest absolute Gasteiger partial charge is 0.273 e. The van der Waals surface area contributed by atoms with E-state index in [-0.39, 0.29) is 17.7 Å². The van der Waals surface area contributed by atoms with Gasteiger partial charge in [0.05, 0.1) is 10.2 Å². The number of aromatic nitrogens is 1. The highest BCUT2D eigenvalue weighted by Gasteiger charge is 2.16. The van der Waals surface area contributed by atoms with Crippen molar-refractivity contribution in [2.45, 2.75) is 13.8 Å². The van der Waals surface area contributed by atoms with Gasteiger partial charge in [-0.05, 0) is 43.2 Å². The number of nitrogens with zero attached hydrogens (tertiary/aromatic N) is 2. The van der Waals surface area contributed by atoms with Gasteiger partial charge in [-0.25, -0.2) is 0 Å². The molecule has 0 aliphatic carbocycles. The average molecular weight is 416 g/mol. The number of carbonyl (C=O) groups excluding carboxylic acids is 1. The number of benzene rings is 2. The summed E-state index contributed by atoms with van der Waals surface area (Å²) in [5.41, 5.74) is 3.26. The Kier molecular flexibility index (Phi) is 6.45. The molecule has 0 radical (unpaired) electrons. The molecule has 150 valence electrons. The van der Waals surface area contributed by atoms with Crippen LogP contribution in [0.5, 0.6) is 0 Å². The number of nitrogens with one attached hydrogen (secondary N) is 1. The molecule has 0 saturated carbocycles. The first kappa shape index (κ1) is 21.0. The second kappa shape index (κ2) is 9.21. The van der Waals surface area contributed by atoms with Crippen molar-refractivity contribution in [3.63, 3.8) is 0 Å². The van der Waals surface area contributed by atoms with Crippen molar-refractivity contribution in [2.24, 2.45) is 0 Å². The van der Waals surface area contributed by atoms with E-state index in [4.69, 9.17) is 0 Å². The molecule has 0 aliphatic heterocycles. The maximum Gasteiger partial charge on any atom is 0.273 e. The Bertz CT molecular complexity index is 1330. The summed E-state index contributed by atoms with van der Waals surface area (Å²) in [6.07, 6.45) is 3.35. The lowest BCUT2D eigenvalue weighted by Gasteiger charge is -2.04. The zero-order valence-corrected chi connectivity index (χ0v) is 17.6. The predicted octanol–water partition coefficient (Wildman–Crippen LogP) is 2.32. The fourth-order valence-electron chi connectivity index (χ4n) is 2.97. The van der Waals surface area contributed by atoms with Crippen LogP contribution in [0.2, 0.25) is 0 Å². The predicted molar refractivity (Wildman–Crippen MR) is 121 cm³/mol. The molecule has 3 aromatic rings. The highest BCUT2D eigenvalue weighted by molar-refractivity contribution is 7.07. The van der Waals surface area contributed by atoms with Crippen LogP contribution in [-0.4, -0.2) is 17.0 Å². The van der Waals surface area contributed by atoms with E-state index in [2.05, 4.69) is 11.9 Å². The summed E-state index contributed by atoms with van der Waals surface area (Å²) in [5.74, 6) is -0.540. The first-order valence-electron chi connectivity index (χ1n) is 9.36. The highest BCUT2D eigenvalue weighted by Crippen LogP contribution is 2.11. The van der Waals surface area contributed by atoms with Crippen LogP contribution in [0.4, 0.5) is 0 Å². The van der Waals surface area contributed by atoms with Gasteiger partial charge in [-0.3, -0.25) is 14.2 Å². The zero-order chi connectivity index (χ0) is 21.7. The van der Waals surface area contributed by atoms with Crippen molar-refractivity contribution < 1.29 is 4.79 Å². The molecule has 0 atom stereocenters. The molecule has 0 fully saturated rings. The molecule has 1 N–H and O–H groups in total. The van der Waals surface area contributed by atoms with Gasteiger partial charge < -0.3 is 5.32 Å². The number of aryl methyl sites for hydroxylation is 2. The SMILES string of the molecule is C=CCNC(=O)/C(C#N)=c1\s/c(=C\c2cc(C)ccc2C)c(=O)n1-c1ccccc1. The Balaban J connectivity index is 2.38. The van der Waals surface area contributed by atoms with E-state index in [0.717, 1.165) is 28.0 Å². The Morgan fingerprint density at radius 2 is 1.97 bits per heavy atom. The first-order chi connectivity index (χ1) is 14.5. The Morgan fingerprint density at radius 1 is 1.23 bits per heavy atom. The molecule has 2 aromatic carbocycles. The number of nitriles is 1. The molecule has 6 heteroatoms. The van der Waals surface area contributed by atoms with Crippen molar-refractivity contribution in [3.05, 3.63) is 97.4 Å².